The van der Waals surface area contributed by atoms with Gasteiger partial charge in [-0.3, -0.25) is 9.59 Å². The molecule has 2 amide bonds. The van der Waals surface area contributed by atoms with Gasteiger partial charge in [-0.2, -0.15) is 0 Å². The number of nitrogens with one attached hydrogen (secondary N) is 1. The molecule has 0 atom stereocenters. The van der Waals surface area contributed by atoms with E-state index in [9.17, 15) is 14.7 Å². The Morgan fingerprint density at radius 3 is 2.33 bits per heavy atom. The Morgan fingerprint density at radius 1 is 1.00 bits per heavy atom. The van der Waals surface area contributed by atoms with Crippen molar-refractivity contribution in [3.05, 3.63) is 82.9 Å². The van der Waals surface area contributed by atoms with Gasteiger partial charge in [0.15, 0.2) is 0 Å². The number of nitrogens with zero attached hydrogens (tertiary/aromatic N) is 3. The van der Waals surface area contributed by atoms with Gasteiger partial charge in [0.2, 0.25) is 5.91 Å². The lowest BCUT2D eigenvalue weighted by molar-refractivity contribution is 0.0950. The average molecular weight is 401 g/mol. The molecule has 0 radical (unpaired) electrons. The number of aromatic nitrogens is 3. The molecule has 0 bridgehead atoms. The topological polar surface area (TPSA) is 123 Å². The van der Waals surface area contributed by atoms with Gasteiger partial charge in [0.05, 0.1) is 0 Å². The van der Waals surface area contributed by atoms with E-state index in [2.05, 4.69) is 15.5 Å². The first-order chi connectivity index (χ1) is 14.4. The van der Waals surface area contributed by atoms with Crippen LogP contribution in [0.15, 0.2) is 60.7 Å². The summed E-state index contributed by atoms with van der Waals surface area (Å²) < 4.78 is 0. The highest BCUT2D eigenvalue weighted by Crippen LogP contribution is 2.28. The van der Waals surface area contributed by atoms with Crippen molar-refractivity contribution in [2.45, 2.75) is 13.5 Å². The number of fused-ring (bicyclic) bond motifs is 1. The van der Waals surface area contributed by atoms with Crippen molar-refractivity contribution >= 4 is 22.8 Å². The molecule has 0 aliphatic carbocycles. The molecule has 8 nitrogen and oxygen atoms in total. The van der Waals surface area contributed by atoms with E-state index in [4.69, 9.17) is 5.73 Å². The Hall–Kier alpha value is -4.20. The van der Waals surface area contributed by atoms with Gasteiger partial charge in [-0.05, 0) is 48.9 Å². The minimum absolute atomic E-state index is 0.0212. The first-order valence-electron chi connectivity index (χ1n) is 9.25. The molecule has 0 spiro atoms. The first-order valence-corrected chi connectivity index (χ1v) is 9.25. The van der Waals surface area contributed by atoms with Crippen molar-refractivity contribution in [2.24, 2.45) is 5.73 Å². The fraction of sp³-hybridized carbons (Fsp3) is 0.0909. The van der Waals surface area contributed by atoms with Crippen LogP contribution in [0, 0.1) is 6.92 Å². The fourth-order valence-electron chi connectivity index (χ4n) is 3.18. The van der Waals surface area contributed by atoms with Crippen molar-refractivity contribution in [2.75, 3.05) is 0 Å². The van der Waals surface area contributed by atoms with Gasteiger partial charge < -0.3 is 16.2 Å². The van der Waals surface area contributed by atoms with Crippen LogP contribution in [0.3, 0.4) is 0 Å². The maximum atomic E-state index is 12.5. The Morgan fingerprint density at radius 2 is 1.67 bits per heavy atom. The number of hydrogen-bond donors (Lipinski definition) is 3. The summed E-state index contributed by atoms with van der Waals surface area (Å²) in [6.07, 6.45) is 0. The van der Waals surface area contributed by atoms with E-state index < -0.39 is 5.91 Å². The molecule has 1 aromatic heterocycles. The Balaban J connectivity index is 1.60. The second-order valence-electron chi connectivity index (χ2n) is 6.90. The lowest BCUT2D eigenvalue weighted by Gasteiger charge is -2.12. The minimum Gasteiger partial charge on any atom is -0.505 e. The summed E-state index contributed by atoms with van der Waals surface area (Å²) in [5, 5.41) is 22.4. The third kappa shape index (κ3) is 3.70. The van der Waals surface area contributed by atoms with E-state index in [-0.39, 0.29) is 23.8 Å². The summed E-state index contributed by atoms with van der Waals surface area (Å²) in [5.74, 6) is -1.01. The molecule has 8 heteroatoms. The molecule has 3 aromatic carbocycles. The zero-order chi connectivity index (χ0) is 21.3. The van der Waals surface area contributed by atoms with E-state index in [1.165, 1.54) is 10.9 Å². The molecule has 1 heterocycles. The van der Waals surface area contributed by atoms with Crippen LogP contribution in [0.2, 0.25) is 0 Å². The molecule has 30 heavy (non-hydrogen) atoms. The molecule has 0 saturated carbocycles. The first kappa shape index (κ1) is 19.1. The highest BCUT2D eigenvalue weighted by molar-refractivity contribution is 5.99. The number of carbonyl (C=O) groups excluding carboxylic acids is 2. The largest absolute Gasteiger partial charge is 0.505 e. The number of phenols is 1. The number of primary amides is 1. The third-order valence-electron chi connectivity index (χ3n) is 4.66. The minimum atomic E-state index is -0.607. The van der Waals surface area contributed by atoms with Gasteiger partial charge >= 0.3 is 0 Å². The second kappa shape index (κ2) is 7.67. The standard InChI is InChI=1S/C22H19N5O3/c1-13-9-16(12-24-22(30)15-6-4-5-14(11-15)21(23)29)20(28)19(10-13)27-25-17-7-2-3-8-18(17)26-27/h2-11,28H,12H2,1H3,(H2,23,29)(H,24,30). The zero-order valence-corrected chi connectivity index (χ0v) is 16.2. The molecule has 4 rings (SSSR count). The van der Waals surface area contributed by atoms with Crippen LogP contribution in [0.1, 0.15) is 31.8 Å². The lowest BCUT2D eigenvalue weighted by Crippen LogP contribution is -2.23. The number of benzene rings is 3. The Labute approximate surface area is 171 Å². The SMILES string of the molecule is Cc1cc(CNC(=O)c2cccc(C(N)=O)c2)c(O)c(-n2nc3ccccc3n2)c1. The van der Waals surface area contributed by atoms with Crippen LogP contribution in [-0.4, -0.2) is 31.9 Å². The van der Waals surface area contributed by atoms with Crippen LogP contribution in [-0.2, 0) is 6.54 Å². The van der Waals surface area contributed by atoms with Crippen LogP contribution >= 0.6 is 0 Å². The predicted molar refractivity (Wildman–Crippen MR) is 111 cm³/mol. The van der Waals surface area contributed by atoms with Crippen molar-refractivity contribution in [1.29, 1.82) is 0 Å². The molecule has 4 N–H and O–H groups in total. The van der Waals surface area contributed by atoms with Crippen LogP contribution < -0.4 is 11.1 Å². The molecule has 0 aliphatic rings. The third-order valence-corrected chi connectivity index (χ3v) is 4.66. The normalized spacial score (nSPS) is 10.8. The number of hydrogen-bond acceptors (Lipinski definition) is 5. The summed E-state index contributed by atoms with van der Waals surface area (Å²) in [4.78, 5) is 25.2. The smallest absolute Gasteiger partial charge is 0.251 e. The second-order valence-corrected chi connectivity index (χ2v) is 6.90. The average Bonchev–Trinajstić information content (AvgIpc) is 3.18. The van der Waals surface area contributed by atoms with Crippen LogP contribution in [0.4, 0.5) is 0 Å². The monoisotopic (exact) mass is 401 g/mol. The number of nitrogens with two attached hydrogens (primary N) is 1. The highest BCUT2D eigenvalue weighted by Gasteiger charge is 2.15. The molecular weight excluding hydrogens is 382 g/mol. The van der Waals surface area contributed by atoms with E-state index in [1.54, 1.807) is 30.3 Å². The number of carbonyl (C=O) groups is 2. The van der Waals surface area contributed by atoms with Gasteiger partial charge in [-0.15, -0.1) is 15.0 Å². The summed E-state index contributed by atoms with van der Waals surface area (Å²) in [6, 6.07) is 17.1. The van der Waals surface area contributed by atoms with E-state index >= 15 is 0 Å². The lowest BCUT2D eigenvalue weighted by atomic mass is 10.1. The van der Waals surface area contributed by atoms with E-state index in [1.807, 2.05) is 31.2 Å². The number of aromatic hydroxyl groups is 1. The summed E-state index contributed by atoms with van der Waals surface area (Å²) in [6.45, 7) is 1.97. The summed E-state index contributed by atoms with van der Waals surface area (Å²) in [7, 11) is 0. The summed E-state index contributed by atoms with van der Waals surface area (Å²) in [5.41, 5.74) is 9.06. The zero-order valence-electron chi connectivity index (χ0n) is 16.2. The highest BCUT2D eigenvalue weighted by atomic mass is 16.3. The Kier molecular flexibility index (Phi) is 4.89. The van der Waals surface area contributed by atoms with Crippen molar-refractivity contribution in [3.63, 3.8) is 0 Å². The maximum absolute atomic E-state index is 12.5. The van der Waals surface area contributed by atoms with Gasteiger partial charge in [-0.1, -0.05) is 24.3 Å². The van der Waals surface area contributed by atoms with Gasteiger partial charge in [-0.25, -0.2) is 0 Å². The van der Waals surface area contributed by atoms with Crippen molar-refractivity contribution in [1.82, 2.24) is 20.3 Å². The maximum Gasteiger partial charge on any atom is 0.251 e. The van der Waals surface area contributed by atoms with Crippen LogP contribution in [0.5, 0.6) is 5.75 Å². The van der Waals surface area contributed by atoms with E-state index in [0.29, 0.717) is 27.8 Å². The van der Waals surface area contributed by atoms with Crippen molar-refractivity contribution in [3.8, 4) is 11.4 Å². The van der Waals surface area contributed by atoms with Gasteiger partial charge in [0.1, 0.15) is 22.5 Å². The molecule has 0 unspecified atom stereocenters. The fourth-order valence-corrected chi connectivity index (χ4v) is 3.18. The molecule has 0 fully saturated rings. The molecule has 0 saturated heterocycles. The van der Waals surface area contributed by atoms with Crippen LogP contribution in [0.25, 0.3) is 16.7 Å². The quantitative estimate of drug-likeness (QED) is 0.474. The summed E-state index contributed by atoms with van der Waals surface area (Å²) >= 11 is 0. The van der Waals surface area contributed by atoms with Gasteiger partial charge in [0.25, 0.3) is 5.91 Å². The molecule has 0 aliphatic heterocycles. The number of rotatable bonds is 5. The number of aryl methyl sites for hydroxylation is 1. The van der Waals surface area contributed by atoms with Crippen molar-refractivity contribution < 1.29 is 14.7 Å². The molecular formula is C22H19N5O3. The molecule has 150 valence electrons. The van der Waals surface area contributed by atoms with E-state index in [0.717, 1.165) is 5.56 Å². The Bertz CT molecular complexity index is 1250. The molecule has 4 aromatic rings. The number of amides is 2. The van der Waals surface area contributed by atoms with Gasteiger partial charge in [0, 0.05) is 23.2 Å². The number of phenolic OH excluding ortho intramolecular Hbond substituents is 1. The predicted octanol–water partition coefficient (Wildman–Crippen LogP) is 2.46.